The summed E-state index contributed by atoms with van der Waals surface area (Å²) in [6, 6.07) is 20.8. The fraction of sp³-hybridized carbons (Fsp3) is 0.130. The fourth-order valence-corrected chi connectivity index (χ4v) is 3.68. The number of pyridine rings is 1. The van der Waals surface area contributed by atoms with Crippen molar-refractivity contribution in [2.75, 3.05) is 0 Å². The number of fused-ring (bicyclic) bond motifs is 1. The van der Waals surface area contributed by atoms with Crippen molar-refractivity contribution in [2.24, 2.45) is 7.05 Å². The molecule has 0 amide bonds. The van der Waals surface area contributed by atoms with Gasteiger partial charge in [-0.05, 0) is 18.4 Å². The monoisotopic (exact) mass is 338 g/mol. The van der Waals surface area contributed by atoms with Crippen LogP contribution in [-0.4, -0.2) is 4.57 Å². The van der Waals surface area contributed by atoms with E-state index in [9.17, 15) is 5.26 Å². The van der Waals surface area contributed by atoms with Gasteiger partial charge in [0, 0.05) is 54.9 Å². The van der Waals surface area contributed by atoms with E-state index in [1.165, 1.54) is 10.8 Å². The molecule has 3 heteroatoms. The van der Waals surface area contributed by atoms with Crippen molar-refractivity contribution < 1.29 is 4.57 Å². The molecule has 3 nitrogen and oxygen atoms in total. The molecule has 2 aromatic carbocycles. The smallest absolute Gasteiger partial charge is 0.215 e. The number of aryl methyl sites for hydroxylation is 2. The summed E-state index contributed by atoms with van der Waals surface area (Å²) in [7, 11) is 2.06. The maximum atomic E-state index is 9.61. The van der Waals surface area contributed by atoms with Gasteiger partial charge in [-0.3, -0.25) is 0 Å². The molecule has 26 heavy (non-hydrogen) atoms. The molecule has 0 aliphatic heterocycles. The van der Waals surface area contributed by atoms with Crippen LogP contribution in [-0.2, 0) is 7.05 Å². The number of aromatic nitrogens is 2. The summed E-state index contributed by atoms with van der Waals surface area (Å²) < 4.78 is 4.30. The highest BCUT2D eigenvalue weighted by Gasteiger charge is 2.20. The van der Waals surface area contributed by atoms with Gasteiger partial charge in [0.15, 0.2) is 11.9 Å². The van der Waals surface area contributed by atoms with Crippen LogP contribution in [0.25, 0.3) is 27.7 Å². The van der Waals surface area contributed by atoms with Crippen molar-refractivity contribution >= 4 is 10.8 Å². The Bertz CT molecular complexity index is 1180. The van der Waals surface area contributed by atoms with E-state index in [0.29, 0.717) is 5.56 Å². The standard InChI is InChI=1S/C23H20N3/c1-16-8-6-7-11-26(16)22-13-18(14-24)12-21(17(22)2)23-20-10-5-4-9-19(20)15-25(23)3/h4-13,15H,1-3H3/q+1. The minimum atomic E-state index is 0.668. The van der Waals surface area contributed by atoms with Gasteiger partial charge in [-0.15, -0.1) is 0 Å². The van der Waals surface area contributed by atoms with Crippen LogP contribution in [0.1, 0.15) is 16.8 Å². The molecule has 2 aromatic heterocycles. The second-order valence-electron chi connectivity index (χ2n) is 6.67. The van der Waals surface area contributed by atoms with Crippen LogP contribution in [0, 0.1) is 25.2 Å². The topological polar surface area (TPSA) is 32.6 Å². The highest BCUT2D eigenvalue weighted by molar-refractivity contribution is 5.97. The zero-order valence-electron chi connectivity index (χ0n) is 15.2. The fourth-order valence-electron chi connectivity index (χ4n) is 3.68. The van der Waals surface area contributed by atoms with E-state index in [-0.39, 0.29) is 0 Å². The molecule has 0 N–H and O–H groups in total. The lowest BCUT2D eigenvalue weighted by Gasteiger charge is -2.12. The van der Waals surface area contributed by atoms with Gasteiger partial charge in [-0.2, -0.15) is 9.83 Å². The van der Waals surface area contributed by atoms with E-state index < -0.39 is 0 Å². The quantitative estimate of drug-likeness (QED) is 0.491. The highest BCUT2D eigenvalue weighted by Crippen LogP contribution is 2.34. The number of nitriles is 1. The summed E-state index contributed by atoms with van der Waals surface area (Å²) in [5, 5.41) is 12.0. The molecule has 0 radical (unpaired) electrons. The van der Waals surface area contributed by atoms with Crippen molar-refractivity contribution in [1.29, 1.82) is 5.26 Å². The first-order valence-electron chi connectivity index (χ1n) is 8.67. The number of nitrogens with zero attached hydrogens (tertiary/aromatic N) is 3. The Morgan fingerprint density at radius 2 is 1.77 bits per heavy atom. The van der Waals surface area contributed by atoms with E-state index >= 15 is 0 Å². The van der Waals surface area contributed by atoms with Gasteiger partial charge in [0.25, 0.3) is 0 Å². The maximum absolute atomic E-state index is 9.61. The predicted octanol–water partition coefficient (Wildman–Crippen LogP) is 4.61. The molecule has 0 aliphatic rings. The Labute approximate surface area is 153 Å². The molecule has 0 atom stereocenters. The molecule has 2 heterocycles. The van der Waals surface area contributed by atoms with Crippen molar-refractivity contribution in [3.63, 3.8) is 0 Å². The summed E-state index contributed by atoms with van der Waals surface area (Å²) in [6.45, 7) is 4.21. The first kappa shape index (κ1) is 16.1. The van der Waals surface area contributed by atoms with Crippen LogP contribution in [0.3, 0.4) is 0 Å². The second kappa shape index (κ2) is 6.16. The third kappa shape index (κ3) is 2.48. The first-order valence-corrected chi connectivity index (χ1v) is 8.67. The average molecular weight is 338 g/mol. The lowest BCUT2D eigenvalue weighted by molar-refractivity contribution is -0.603. The summed E-state index contributed by atoms with van der Waals surface area (Å²) in [4.78, 5) is 0. The molecule has 0 fully saturated rings. The van der Waals surface area contributed by atoms with Gasteiger partial charge < -0.3 is 4.57 Å². The lowest BCUT2D eigenvalue weighted by Crippen LogP contribution is -2.34. The van der Waals surface area contributed by atoms with E-state index in [1.807, 2.05) is 30.5 Å². The van der Waals surface area contributed by atoms with Crippen LogP contribution in [0.15, 0.2) is 67.0 Å². The summed E-state index contributed by atoms with van der Waals surface area (Å²) >= 11 is 0. The first-order chi connectivity index (χ1) is 12.6. The second-order valence-corrected chi connectivity index (χ2v) is 6.67. The minimum absolute atomic E-state index is 0.668. The van der Waals surface area contributed by atoms with Gasteiger partial charge in [0.1, 0.15) is 0 Å². The van der Waals surface area contributed by atoms with Crippen molar-refractivity contribution in [3.05, 3.63) is 83.8 Å². The Morgan fingerprint density at radius 1 is 1.00 bits per heavy atom. The molecule has 0 spiro atoms. The van der Waals surface area contributed by atoms with Crippen LogP contribution in [0.5, 0.6) is 0 Å². The molecular formula is C23H20N3+. The van der Waals surface area contributed by atoms with Gasteiger partial charge in [0.05, 0.1) is 17.3 Å². The molecule has 0 aliphatic carbocycles. The van der Waals surface area contributed by atoms with Crippen LogP contribution in [0.2, 0.25) is 0 Å². The molecule has 4 rings (SSSR count). The van der Waals surface area contributed by atoms with Crippen molar-refractivity contribution in [1.82, 2.24) is 4.57 Å². The Balaban J connectivity index is 2.07. The Morgan fingerprint density at radius 3 is 2.54 bits per heavy atom. The van der Waals surface area contributed by atoms with E-state index in [4.69, 9.17) is 0 Å². The molecular weight excluding hydrogens is 318 g/mol. The summed E-state index contributed by atoms with van der Waals surface area (Å²) in [5.74, 6) is 0. The number of benzene rings is 2. The van der Waals surface area contributed by atoms with Gasteiger partial charge in [0.2, 0.25) is 5.69 Å². The molecule has 0 unspecified atom stereocenters. The number of rotatable bonds is 2. The van der Waals surface area contributed by atoms with Crippen LogP contribution in [0.4, 0.5) is 0 Å². The predicted molar refractivity (Wildman–Crippen MR) is 104 cm³/mol. The zero-order chi connectivity index (χ0) is 18.3. The molecule has 0 saturated carbocycles. The molecule has 0 saturated heterocycles. The molecule has 126 valence electrons. The van der Waals surface area contributed by atoms with Crippen LogP contribution < -0.4 is 4.57 Å². The van der Waals surface area contributed by atoms with E-state index in [0.717, 1.165) is 28.2 Å². The summed E-state index contributed by atoms with van der Waals surface area (Å²) in [5.41, 5.74) is 6.25. The number of hydrogen-bond acceptors (Lipinski definition) is 1. The molecule has 4 aromatic rings. The van der Waals surface area contributed by atoms with Gasteiger partial charge >= 0.3 is 0 Å². The van der Waals surface area contributed by atoms with E-state index in [2.05, 4.69) is 72.6 Å². The van der Waals surface area contributed by atoms with Gasteiger partial charge in [-0.25, -0.2) is 0 Å². The Kier molecular flexibility index (Phi) is 3.82. The van der Waals surface area contributed by atoms with Crippen molar-refractivity contribution in [3.8, 4) is 23.0 Å². The van der Waals surface area contributed by atoms with E-state index in [1.54, 1.807) is 0 Å². The normalized spacial score (nSPS) is 10.8. The lowest BCUT2D eigenvalue weighted by atomic mass is 9.97. The Hall–Kier alpha value is -3.38. The zero-order valence-corrected chi connectivity index (χ0v) is 15.2. The SMILES string of the molecule is Cc1c(-c2c3ccccc3cn2C)cc(C#N)cc1-[n+]1ccccc1C. The molecule has 0 bridgehead atoms. The number of hydrogen-bond donors (Lipinski definition) is 0. The van der Waals surface area contributed by atoms with Crippen LogP contribution >= 0.6 is 0 Å². The minimum Gasteiger partial charge on any atom is -0.349 e. The largest absolute Gasteiger partial charge is 0.349 e. The third-order valence-corrected chi connectivity index (χ3v) is 4.99. The van der Waals surface area contributed by atoms with Crippen molar-refractivity contribution in [2.45, 2.75) is 13.8 Å². The summed E-state index contributed by atoms with van der Waals surface area (Å²) in [6.07, 6.45) is 4.19. The average Bonchev–Trinajstić information content (AvgIpc) is 2.98. The maximum Gasteiger partial charge on any atom is 0.215 e. The highest BCUT2D eigenvalue weighted by atomic mass is 15.0. The third-order valence-electron chi connectivity index (χ3n) is 4.99. The van der Waals surface area contributed by atoms with Gasteiger partial charge in [-0.1, -0.05) is 30.3 Å².